The molecule has 0 heterocycles. The van der Waals surface area contributed by atoms with Crippen LogP contribution >= 0.6 is 0 Å². The lowest BCUT2D eigenvalue weighted by atomic mass is 10.2. The highest BCUT2D eigenvalue weighted by atomic mass is 19.4. The first-order valence-electron chi connectivity index (χ1n) is 4.18. The molecule has 0 atom stereocenters. The van der Waals surface area contributed by atoms with Crippen LogP contribution in [0.25, 0.3) is 5.70 Å². The van der Waals surface area contributed by atoms with Crippen LogP contribution < -0.4 is 5.48 Å². The predicted molar refractivity (Wildman–Crippen MR) is 50.6 cm³/mol. The van der Waals surface area contributed by atoms with Gasteiger partial charge in [-0.25, -0.2) is 0 Å². The van der Waals surface area contributed by atoms with Gasteiger partial charge in [-0.3, -0.25) is 10.3 Å². The lowest BCUT2D eigenvalue weighted by Crippen LogP contribution is -2.23. The molecule has 0 fully saturated rings. The summed E-state index contributed by atoms with van der Waals surface area (Å²) in [5.41, 5.74) is 3.11. The van der Waals surface area contributed by atoms with E-state index in [4.69, 9.17) is 0 Å². The zero-order valence-corrected chi connectivity index (χ0v) is 7.84. The van der Waals surface area contributed by atoms with Crippen molar-refractivity contribution in [3.8, 4) is 0 Å². The van der Waals surface area contributed by atoms with Crippen molar-refractivity contribution in [2.24, 2.45) is 0 Å². The van der Waals surface area contributed by atoms with E-state index in [-0.39, 0.29) is 0 Å². The number of nitrogens with one attached hydrogen (secondary N) is 1. The standard InChI is InChI=1S/C10H10F3NO/c1-8(9-5-3-2-4-6-9)14-15-7-10(11,12)13/h2-6,14H,1,7H2. The Hall–Kier alpha value is -1.49. The summed E-state index contributed by atoms with van der Waals surface area (Å²) < 4.78 is 35.1. The summed E-state index contributed by atoms with van der Waals surface area (Å²) in [6.07, 6.45) is -4.34. The molecule has 1 N–H and O–H groups in total. The van der Waals surface area contributed by atoms with Crippen molar-refractivity contribution in [2.75, 3.05) is 6.61 Å². The highest BCUT2D eigenvalue weighted by molar-refractivity contribution is 5.60. The molecule has 0 spiro atoms. The number of benzene rings is 1. The molecule has 0 aromatic heterocycles. The monoisotopic (exact) mass is 217 g/mol. The molecule has 1 rings (SSSR count). The first-order chi connectivity index (χ1) is 6.99. The fraction of sp³-hybridized carbons (Fsp3) is 0.200. The van der Waals surface area contributed by atoms with Crippen molar-refractivity contribution in [2.45, 2.75) is 6.18 Å². The molecule has 0 aliphatic rings. The second kappa shape index (κ2) is 4.84. The zero-order chi connectivity index (χ0) is 11.3. The average molecular weight is 217 g/mol. The minimum absolute atomic E-state index is 0.292. The maximum atomic E-state index is 11.7. The highest BCUT2D eigenvalue weighted by Gasteiger charge is 2.27. The van der Waals surface area contributed by atoms with E-state index in [2.05, 4.69) is 16.9 Å². The third-order valence-electron chi connectivity index (χ3n) is 1.55. The largest absolute Gasteiger partial charge is 0.414 e. The Morgan fingerprint density at radius 2 is 1.87 bits per heavy atom. The van der Waals surface area contributed by atoms with Crippen molar-refractivity contribution in [1.82, 2.24) is 5.48 Å². The Morgan fingerprint density at radius 3 is 2.40 bits per heavy atom. The van der Waals surface area contributed by atoms with Gasteiger partial charge in [0.05, 0.1) is 5.70 Å². The number of halogens is 3. The van der Waals surface area contributed by atoms with Crippen LogP contribution in [0.1, 0.15) is 5.56 Å². The Balaban J connectivity index is 2.38. The minimum Gasteiger partial charge on any atom is -0.267 e. The van der Waals surface area contributed by atoms with Gasteiger partial charge in [0.15, 0.2) is 6.61 Å². The Labute approximate surface area is 85.3 Å². The van der Waals surface area contributed by atoms with Crippen molar-refractivity contribution < 1.29 is 18.0 Å². The van der Waals surface area contributed by atoms with E-state index >= 15 is 0 Å². The number of hydrogen-bond donors (Lipinski definition) is 1. The van der Waals surface area contributed by atoms with Gasteiger partial charge < -0.3 is 0 Å². The molecule has 1 aromatic carbocycles. The molecule has 0 aliphatic carbocycles. The fourth-order valence-electron chi connectivity index (χ4n) is 0.903. The van der Waals surface area contributed by atoms with Gasteiger partial charge in [-0.1, -0.05) is 36.9 Å². The molecule has 82 valence electrons. The summed E-state index contributed by atoms with van der Waals surface area (Å²) in [4.78, 5) is 4.24. The molecular weight excluding hydrogens is 207 g/mol. The molecule has 15 heavy (non-hydrogen) atoms. The number of rotatable bonds is 4. The van der Waals surface area contributed by atoms with Gasteiger partial charge in [0.25, 0.3) is 0 Å². The van der Waals surface area contributed by atoms with Crippen LogP contribution in [0.15, 0.2) is 36.9 Å². The quantitative estimate of drug-likeness (QED) is 0.783. The van der Waals surface area contributed by atoms with Crippen molar-refractivity contribution in [3.63, 3.8) is 0 Å². The van der Waals surface area contributed by atoms with Crippen LogP contribution in [-0.4, -0.2) is 12.8 Å². The van der Waals surface area contributed by atoms with Gasteiger partial charge >= 0.3 is 6.18 Å². The average Bonchev–Trinajstić information content (AvgIpc) is 2.17. The predicted octanol–water partition coefficient (Wildman–Crippen LogP) is 2.74. The summed E-state index contributed by atoms with van der Waals surface area (Å²) >= 11 is 0. The SMILES string of the molecule is C=C(NOCC(F)(F)F)c1ccccc1. The van der Waals surface area contributed by atoms with Gasteiger partial charge in [0.1, 0.15) is 0 Å². The van der Waals surface area contributed by atoms with Crippen LogP contribution in [0.3, 0.4) is 0 Å². The van der Waals surface area contributed by atoms with Gasteiger partial charge in [0.2, 0.25) is 0 Å². The summed E-state index contributed by atoms with van der Waals surface area (Å²) in [6, 6.07) is 8.74. The van der Waals surface area contributed by atoms with E-state index in [0.29, 0.717) is 11.3 Å². The molecule has 0 aliphatic heterocycles. The molecule has 0 radical (unpaired) electrons. The minimum atomic E-state index is -4.34. The maximum Gasteiger partial charge on any atom is 0.414 e. The first-order valence-corrected chi connectivity index (χ1v) is 4.18. The molecule has 5 heteroatoms. The molecule has 0 saturated heterocycles. The van der Waals surface area contributed by atoms with Crippen LogP contribution in [0, 0.1) is 0 Å². The van der Waals surface area contributed by atoms with Gasteiger partial charge in [-0.2, -0.15) is 13.2 Å². The van der Waals surface area contributed by atoms with E-state index in [1.165, 1.54) is 0 Å². The van der Waals surface area contributed by atoms with Crippen LogP contribution in [0.5, 0.6) is 0 Å². The normalized spacial score (nSPS) is 11.1. The Bertz CT molecular complexity index is 321. The van der Waals surface area contributed by atoms with E-state index < -0.39 is 12.8 Å². The molecule has 0 bridgehead atoms. The number of hydroxylamine groups is 1. The van der Waals surface area contributed by atoms with Crippen molar-refractivity contribution in [1.29, 1.82) is 0 Å². The van der Waals surface area contributed by atoms with E-state index in [0.717, 1.165) is 0 Å². The Morgan fingerprint density at radius 1 is 1.27 bits per heavy atom. The maximum absolute atomic E-state index is 11.7. The summed E-state index contributed by atoms with van der Waals surface area (Å²) in [6.45, 7) is 2.19. The van der Waals surface area contributed by atoms with Crippen LogP contribution in [-0.2, 0) is 4.84 Å². The molecular formula is C10H10F3NO. The third kappa shape index (κ3) is 4.51. The smallest absolute Gasteiger partial charge is 0.267 e. The van der Waals surface area contributed by atoms with Gasteiger partial charge in [-0.15, -0.1) is 0 Å². The molecule has 0 amide bonds. The second-order valence-electron chi connectivity index (χ2n) is 2.85. The van der Waals surface area contributed by atoms with E-state index in [9.17, 15) is 13.2 Å². The summed E-state index contributed by atoms with van der Waals surface area (Å²) in [5, 5.41) is 0. The molecule has 2 nitrogen and oxygen atoms in total. The first kappa shape index (κ1) is 11.6. The van der Waals surface area contributed by atoms with Crippen molar-refractivity contribution in [3.05, 3.63) is 42.5 Å². The zero-order valence-electron chi connectivity index (χ0n) is 7.84. The molecule has 0 saturated carbocycles. The van der Waals surface area contributed by atoms with Crippen LogP contribution in [0.2, 0.25) is 0 Å². The van der Waals surface area contributed by atoms with E-state index in [1.54, 1.807) is 30.3 Å². The number of alkyl halides is 3. The number of hydrogen-bond acceptors (Lipinski definition) is 2. The second-order valence-corrected chi connectivity index (χ2v) is 2.85. The Kier molecular flexibility index (Phi) is 3.74. The summed E-state index contributed by atoms with van der Waals surface area (Å²) in [7, 11) is 0. The fourth-order valence-corrected chi connectivity index (χ4v) is 0.903. The molecule has 1 aromatic rings. The van der Waals surface area contributed by atoms with Gasteiger partial charge in [0, 0.05) is 0 Å². The van der Waals surface area contributed by atoms with Crippen LogP contribution in [0.4, 0.5) is 13.2 Å². The lowest BCUT2D eigenvalue weighted by Gasteiger charge is -2.11. The molecule has 0 unspecified atom stereocenters. The lowest BCUT2D eigenvalue weighted by molar-refractivity contribution is -0.183. The van der Waals surface area contributed by atoms with Crippen molar-refractivity contribution >= 4 is 5.70 Å². The van der Waals surface area contributed by atoms with E-state index in [1.807, 2.05) is 0 Å². The summed E-state index contributed by atoms with van der Waals surface area (Å²) in [5.74, 6) is 0. The highest BCUT2D eigenvalue weighted by Crippen LogP contribution is 2.15. The topological polar surface area (TPSA) is 21.3 Å². The third-order valence-corrected chi connectivity index (χ3v) is 1.55. The van der Waals surface area contributed by atoms with Gasteiger partial charge in [-0.05, 0) is 5.56 Å².